The Kier molecular flexibility index (Phi) is 7.90. The molecule has 36 heavy (non-hydrogen) atoms. The van der Waals surface area contributed by atoms with Crippen LogP contribution in [0.1, 0.15) is 35.4 Å². The molecular weight excluding hydrogens is 491 g/mol. The van der Waals surface area contributed by atoms with E-state index in [0.29, 0.717) is 29.5 Å². The Hall–Kier alpha value is -3.04. The van der Waals surface area contributed by atoms with Gasteiger partial charge in [0.15, 0.2) is 0 Å². The first kappa shape index (κ1) is 26.0. The first-order chi connectivity index (χ1) is 17.1. The van der Waals surface area contributed by atoms with Gasteiger partial charge in [-0.05, 0) is 49.6 Å². The number of piperidine rings is 1. The first-order valence-electron chi connectivity index (χ1n) is 11.8. The lowest BCUT2D eigenvalue weighted by atomic mass is 10.0. The molecule has 2 heterocycles. The molecule has 6 nitrogen and oxygen atoms in total. The number of carbonyl (C=O) groups excluding carboxylic acids is 1. The highest BCUT2D eigenvalue weighted by Crippen LogP contribution is 2.31. The van der Waals surface area contributed by atoms with Crippen LogP contribution in [0.25, 0.3) is 11.4 Å². The number of rotatable bonds is 6. The number of hydrogen-bond donors (Lipinski definition) is 2. The Labute approximate surface area is 213 Å². The summed E-state index contributed by atoms with van der Waals surface area (Å²) in [6.45, 7) is 4.67. The lowest BCUT2D eigenvalue weighted by Crippen LogP contribution is -2.49. The van der Waals surface area contributed by atoms with Crippen LogP contribution in [0.3, 0.4) is 0 Å². The summed E-state index contributed by atoms with van der Waals surface area (Å²) in [5, 5.41) is 3.41. The van der Waals surface area contributed by atoms with Crippen molar-refractivity contribution in [2.75, 3.05) is 20.1 Å². The summed E-state index contributed by atoms with van der Waals surface area (Å²) < 4.78 is 38.6. The van der Waals surface area contributed by atoms with Gasteiger partial charge in [-0.1, -0.05) is 35.9 Å². The van der Waals surface area contributed by atoms with E-state index in [4.69, 9.17) is 11.6 Å². The van der Waals surface area contributed by atoms with Crippen LogP contribution in [0.5, 0.6) is 0 Å². The third-order valence-corrected chi connectivity index (χ3v) is 6.84. The van der Waals surface area contributed by atoms with Gasteiger partial charge in [-0.15, -0.1) is 0 Å². The van der Waals surface area contributed by atoms with Crippen molar-refractivity contribution in [2.24, 2.45) is 0 Å². The molecule has 0 saturated carbocycles. The summed E-state index contributed by atoms with van der Waals surface area (Å²) in [5.74, 6) is 0.555. The van der Waals surface area contributed by atoms with E-state index in [1.165, 1.54) is 12.1 Å². The summed E-state index contributed by atoms with van der Waals surface area (Å²) >= 11 is 5.99. The van der Waals surface area contributed by atoms with Crippen LogP contribution in [-0.2, 0) is 19.3 Å². The van der Waals surface area contributed by atoms with Gasteiger partial charge in [0, 0.05) is 55.5 Å². The number of halogens is 4. The molecule has 1 aliphatic heterocycles. The van der Waals surface area contributed by atoms with Gasteiger partial charge in [0.05, 0.1) is 11.3 Å². The number of likely N-dealkylation sites (tertiary alicyclic amines) is 1. The van der Waals surface area contributed by atoms with Crippen LogP contribution < -0.4 is 5.32 Å². The topological polar surface area (TPSA) is 64.3 Å². The number of nitrogens with one attached hydrogen (secondary N) is 2. The van der Waals surface area contributed by atoms with E-state index in [0.717, 1.165) is 55.0 Å². The highest BCUT2D eigenvalue weighted by molar-refractivity contribution is 6.30. The zero-order chi connectivity index (χ0) is 25.9. The molecule has 0 spiro atoms. The van der Waals surface area contributed by atoms with Crippen molar-refractivity contribution in [1.29, 1.82) is 0 Å². The summed E-state index contributed by atoms with van der Waals surface area (Å²) in [6, 6.07) is 12.5. The van der Waals surface area contributed by atoms with Crippen LogP contribution in [0.4, 0.5) is 18.0 Å². The van der Waals surface area contributed by atoms with Crippen molar-refractivity contribution in [3.05, 3.63) is 76.1 Å². The van der Waals surface area contributed by atoms with Crippen molar-refractivity contribution in [3.8, 4) is 11.4 Å². The zero-order valence-electron chi connectivity index (χ0n) is 20.2. The Balaban J connectivity index is 1.38. The minimum absolute atomic E-state index is 0.104. The number of carbonyl (C=O) groups is 1. The van der Waals surface area contributed by atoms with Crippen molar-refractivity contribution in [2.45, 2.75) is 45.1 Å². The van der Waals surface area contributed by atoms with Crippen LogP contribution in [0.2, 0.25) is 5.02 Å². The second-order valence-electron chi connectivity index (χ2n) is 9.05. The third kappa shape index (κ3) is 6.20. The third-order valence-electron chi connectivity index (χ3n) is 6.58. The standard InChI is InChI=1S/C26H29ClF3N5O/c1-17-23(33-24(32-17)19-5-7-20(8-6-19)26(28,29)30)16-34-13-11-22(12-14-34)35(25(36)31-2)15-18-3-9-21(27)10-4-18/h3-10,22H,11-16H2,1-2H3,(H,31,36)(H,32,33). The molecule has 192 valence electrons. The predicted octanol–water partition coefficient (Wildman–Crippen LogP) is 5.86. The number of alkyl halides is 3. The molecule has 0 atom stereocenters. The Morgan fingerprint density at radius 2 is 1.78 bits per heavy atom. The molecule has 0 aliphatic carbocycles. The molecule has 2 amide bonds. The number of hydrogen-bond acceptors (Lipinski definition) is 3. The molecule has 1 fully saturated rings. The minimum atomic E-state index is -4.36. The van der Waals surface area contributed by atoms with E-state index in [-0.39, 0.29) is 12.1 Å². The zero-order valence-corrected chi connectivity index (χ0v) is 21.0. The normalized spacial score (nSPS) is 15.2. The average Bonchev–Trinajstić information content (AvgIpc) is 3.23. The molecule has 1 aliphatic rings. The fraction of sp³-hybridized carbons (Fsp3) is 0.385. The summed E-state index contributed by atoms with van der Waals surface area (Å²) in [5.41, 5.74) is 2.71. The van der Waals surface area contributed by atoms with Gasteiger partial charge in [0.25, 0.3) is 0 Å². The van der Waals surface area contributed by atoms with Crippen LogP contribution in [0, 0.1) is 6.92 Å². The van der Waals surface area contributed by atoms with Gasteiger partial charge in [0.2, 0.25) is 0 Å². The molecule has 3 aromatic rings. The number of imidazole rings is 1. The van der Waals surface area contributed by atoms with Gasteiger partial charge in [0.1, 0.15) is 5.82 Å². The maximum absolute atomic E-state index is 12.9. The number of urea groups is 1. The predicted molar refractivity (Wildman–Crippen MR) is 134 cm³/mol. The molecule has 4 rings (SSSR count). The highest BCUT2D eigenvalue weighted by Gasteiger charge is 2.30. The van der Waals surface area contributed by atoms with E-state index in [1.54, 1.807) is 7.05 Å². The lowest BCUT2D eigenvalue weighted by molar-refractivity contribution is -0.137. The van der Waals surface area contributed by atoms with Crippen LogP contribution in [0.15, 0.2) is 48.5 Å². The first-order valence-corrected chi connectivity index (χ1v) is 12.2. The fourth-order valence-electron chi connectivity index (χ4n) is 4.50. The van der Waals surface area contributed by atoms with Gasteiger partial charge >= 0.3 is 12.2 Å². The van der Waals surface area contributed by atoms with E-state index in [1.807, 2.05) is 36.1 Å². The van der Waals surface area contributed by atoms with Gasteiger partial charge in [-0.2, -0.15) is 13.2 Å². The van der Waals surface area contributed by atoms with Gasteiger partial charge in [-0.25, -0.2) is 9.78 Å². The van der Waals surface area contributed by atoms with E-state index < -0.39 is 11.7 Å². The number of nitrogens with zero attached hydrogens (tertiary/aromatic N) is 3. The van der Waals surface area contributed by atoms with E-state index >= 15 is 0 Å². The second-order valence-corrected chi connectivity index (χ2v) is 9.49. The molecule has 0 unspecified atom stereocenters. The number of benzene rings is 2. The minimum Gasteiger partial charge on any atom is -0.342 e. The number of amides is 2. The fourth-order valence-corrected chi connectivity index (χ4v) is 4.63. The Morgan fingerprint density at radius 3 is 2.36 bits per heavy atom. The smallest absolute Gasteiger partial charge is 0.342 e. The van der Waals surface area contributed by atoms with E-state index in [9.17, 15) is 18.0 Å². The maximum atomic E-state index is 12.9. The molecule has 10 heteroatoms. The van der Waals surface area contributed by atoms with Gasteiger partial charge in [-0.3, -0.25) is 4.90 Å². The second kappa shape index (κ2) is 10.9. The van der Waals surface area contributed by atoms with Crippen LogP contribution in [-0.4, -0.2) is 52.0 Å². The number of aromatic amines is 1. The average molecular weight is 520 g/mol. The molecular formula is C26H29ClF3N5O. The number of H-pyrrole nitrogens is 1. The largest absolute Gasteiger partial charge is 0.416 e. The van der Waals surface area contributed by atoms with Crippen LogP contribution >= 0.6 is 11.6 Å². The molecule has 2 N–H and O–H groups in total. The molecule has 1 saturated heterocycles. The summed E-state index contributed by atoms with van der Waals surface area (Å²) in [6.07, 6.45) is -2.70. The SMILES string of the molecule is CNC(=O)N(Cc1ccc(Cl)cc1)C1CCN(Cc2nc(-c3ccc(C(F)(F)F)cc3)[nH]c2C)CC1. The highest BCUT2D eigenvalue weighted by atomic mass is 35.5. The Morgan fingerprint density at radius 1 is 1.14 bits per heavy atom. The van der Waals surface area contributed by atoms with Crippen molar-refractivity contribution in [3.63, 3.8) is 0 Å². The molecule has 0 radical (unpaired) electrons. The maximum Gasteiger partial charge on any atom is 0.416 e. The quantitative estimate of drug-likeness (QED) is 0.428. The van der Waals surface area contributed by atoms with E-state index in [2.05, 4.69) is 20.2 Å². The monoisotopic (exact) mass is 519 g/mol. The van der Waals surface area contributed by atoms with Crippen molar-refractivity contribution >= 4 is 17.6 Å². The molecule has 2 aromatic carbocycles. The summed E-state index contributed by atoms with van der Waals surface area (Å²) in [4.78, 5) is 24.6. The van der Waals surface area contributed by atoms with Gasteiger partial charge < -0.3 is 15.2 Å². The number of aryl methyl sites for hydroxylation is 1. The number of aromatic nitrogens is 2. The van der Waals surface area contributed by atoms with Crippen molar-refractivity contribution < 1.29 is 18.0 Å². The molecule has 0 bridgehead atoms. The molecule has 1 aromatic heterocycles. The summed E-state index contributed by atoms with van der Waals surface area (Å²) in [7, 11) is 1.64. The lowest BCUT2D eigenvalue weighted by Gasteiger charge is -2.38. The Bertz CT molecular complexity index is 1170. The van der Waals surface area contributed by atoms with Crippen molar-refractivity contribution in [1.82, 2.24) is 25.1 Å².